The van der Waals surface area contributed by atoms with E-state index < -0.39 is 15.1 Å². The molecule has 0 aliphatic carbocycles. The molecule has 1 amide bonds. The van der Waals surface area contributed by atoms with Crippen LogP contribution < -0.4 is 0 Å². The van der Waals surface area contributed by atoms with Gasteiger partial charge in [-0.3, -0.25) is 9.48 Å². The van der Waals surface area contributed by atoms with Gasteiger partial charge < -0.3 is 14.2 Å². The number of amides is 1. The predicted molar refractivity (Wildman–Crippen MR) is 124 cm³/mol. The lowest BCUT2D eigenvalue weighted by Crippen LogP contribution is -2.38. The number of imidazole rings is 1. The van der Waals surface area contributed by atoms with Gasteiger partial charge in [0.1, 0.15) is 17.7 Å². The van der Waals surface area contributed by atoms with E-state index in [9.17, 15) is 13.2 Å². The Morgan fingerprint density at radius 1 is 1.21 bits per heavy atom. The molecule has 0 saturated carbocycles. The molecule has 5 heterocycles. The zero-order chi connectivity index (χ0) is 24.0. The van der Waals surface area contributed by atoms with Gasteiger partial charge in [-0.1, -0.05) is 0 Å². The van der Waals surface area contributed by atoms with Crippen LogP contribution in [0.15, 0.2) is 17.6 Å². The normalized spacial score (nSPS) is 19.9. The van der Waals surface area contributed by atoms with E-state index in [0.29, 0.717) is 50.5 Å². The largest absolute Gasteiger partial charge is 0.381 e. The molecular formula is C22H29N7O4S. The topological polar surface area (TPSA) is 125 Å². The van der Waals surface area contributed by atoms with E-state index in [4.69, 9.17) is 4.74 Å². The third-order valence-corrected chi connectivity index (χ3v) is 9.10. The summed E-state index contributed by atoms with van der Waals surface area (Å²) >= 11 is 0. The average Bonchev–Trinajstić information content (AvgIpc) is 3.57. The molecule has 11 nitrogen and oxygen atoms in total. The second-order valence-electron chi connectivity index (χ2n) is 8.93. The van der Waals surface area contributed by atoms with Gasteiger partial charge in [0.15, 0.2) is 10.7 Å². The zero-order valence-electron chi connectivity index (χ0n) is 19.6. The van der Waals surface area contributed by atoms with Crippen molar-refractivity contribution in [1.29, 1.82) is 0 Å². The summed E-state index contributed by atoms with van der Waals surface area (Å²) in [5.41, 5.74) is 2.45. The van der Waals surface area contributed by atoms with Crippen molar-refractivity contribution in [1.82, 2.24) is 34.2 Å². The molecule has 0 aromatic carbocycles. The smallest absolute Gasteiger partial charge is 0.225 e. The quantitative estimate of drug-likeness (QED) is 0.494. The Morgan fingerprint density at radius 3 is 2.68 bits per heavy atom. The molecule has 12 heteroatoms. The highest BCUT2D eigenvalue weighted by atomic mass is 32.2. The van der Waals surface area contributed by atoms with Crippen LogP contribution in [0.3, 0.4) is 0 Å². The molecule has 3 aromatic rings. The van der Waals surface area contributed by atoms with E-state index in [2.05, 4.69) is 20.1 Å². The van der Waals surface area contributed by atoms with Crippen molar-refractivity contribution < 1.29 is 17.9 Å². The van der Waals surface area contributed by atoms with E-state index >= 15 is 0 Å². The Balaban J connectivity index is 1.46. The number of aromatic nitrogens is 6. The second-order valence-corrected chi connectivity index (χ2v) is 11.1. The third-order valence-electron chi connectivity index (χ3n) is 7.00. The van der Waals surface area contributed by atoms with Crippen LogP contribution in [0.2, 0.25) is 0 Å². The molecule has 34 heavy (non-hydrogen) atoms. The molecule has 0 N–H and O–H groups in total. The van der Waals surface area contributed by atoms with Crippen molar-refractivity contribution in [2.24, 2.45) is 13.0 Å². The molecule has 2 saturated heterocycles. The zero-order valence-corrected chi connectivity index (χ0v) is 20.5. The fourth-order valence-electron chi connectivity index (χ4n) is 4.95. The molecular weight excluding hydrogens is 458 g/mol. The number of aryl methyl sites for hydroxylation is 2. The minimum atomic E-state index is -3.82. The van der Waals surface area contributed by atoms with E-state index in [1.54, 1.807) is 22.7 Å². The van der Waals surface area contributed by atoms with E-state index in [1.165, 1.54) is 6.33 Å². The number of hydrogen-bond donors (Lipinski definition) is 0. The summed E-state index contributed by atoms with van der Waals surface area (Å²) in [5.74, 6) is 0.524. The number of ether oxygens (including phenoxy) is 1. The van der Waals surface area contributed by atoms with Crippen LogP contribution in [-0.4, -0.2) is 80.1 Å². The average molecular weight is 488 g/mol. The summed E-state index contributed by atoms with van der Waals surface area (Å²) < 4.78 is 36.3. The molecule has 0 bridgehead atoms. The first-order valence-corrected chi connectivity index (χ1v) is 13.2. The van der Waals surface area contributed by atoms with Crippen molar-refractivity contribution in [3.63, 3.8) is 0 Å². The van der Waals surface area contributed by atoms with Crippen LogP contribution in [0.4, 0.5) is 0 Å². The van der Waals surface area contributed by atoms with E-state index in [-0.39, 0.29) is 28.9 Å². The molecule has 5 rings (SSSR count). The van der Waals surface area contributed by atoms with Gasteiger partial charge in [0.25, 0.3) is 0 Å². The van der Waals surface area contributed by atoms with Crippen LogP contribution >= 0.6 is 0 Å². The lowest BCUT2D eigenvalue weighted by molar-refractivity contribution is -0.137. The van der Waals surface area contributed by atoms with E-state index in [0.717, 1.165) is 17.8 Å². The number of likely N-dealkylation sites (tertiary alicyclic amines) is 1. The maximum absolute atomic E-state index is 13.7. The first kappa shape index (κ1) is 22.9. The van der Waals surface area contributed by atoms with Crippen molar-refractivity contribution in [2.45, 2.75) is 49.9 Å². The summed E-state index contributed by atoms with van der Waals surface area (Å²) in [6, 6.07) is 0. The van der Waals surface area contributed by atoms with Crippen molar-refractivity contribution >= 4 is 26.9 Å². The Kier molecular flexibility index (Phi) is 5.88. The molecule has 3 aromatic heterocycles. The minimum Gasteiger partial charge on any atom is -0.381 e. The van der Waals surface area contributed by atoms with Crippen LogP contribution in [0.1, 0.15) is 31.9 Å². The Labute approximate surface area is 198 Å². The highest BCUT2D eigenvalue weighted by Gasteiger charge is 2.40. The van der Waals surface area contributed by atoms with E-state index in [1.807, 2.05) is 18.5 Å². The van der Waals surface area contributed by atoms with Crippen molar-refractivity contribution in [3.8, 4) is 11.4 Å². The van der Waals surface area contributed by atoms with Gasteiger partial charge in [0.05, 0.1) is 17.0 Å². The number of carbonyl (C=O) groups excluding carboxylic acids is 1. The molecule has 2 aliphatic heterocycles. The molecule has 0 unspecified atom stereocenters. The summed E-state index contributed by atoms with van der Waals surface area (Å²) in [5, 5.41) is 3.59. The molecule has 2 fully saturated rings. The summed E-state index contributed by atoms with van der Waals surface area (Å²) in [6.07, 6.45) is 4.75. The fourth-order valence-corrected chi connectivity index (χ4v) is 6.66. The number of hydrogen-bond acceptors (Lipinski definition) is 8. The van der Waals surface area contributed by atoms with Gasteiger partial charge in [-0.15, -0.1) is 0 Å². The minimum absolute atomic E-state index is 0.0253. The van der Waals surface area contributed by atoms with Gasteiger partial charge in [-0.25, -0.2) is 23.4 Å². The maximum Gasteiger partial charge on any atom is 0.225 e. The fraction of sp³-hybridized carbons (Fsp3) is 0.591. The van der Waals surface area contributed by atoms with Gasteiger partial charge in [-0.05, 0) is 33.1 Å². The standard InChI is InChI=1S/C22H29N7O4S/c1-4-29-14(2)17(11-25-29)19-26-18-20(27(19)3)23-13-24-21(18)34(31,32)16-5-8-28(12-16)22(30)15-6-9-33-10-7-15/h11,13,15-16H,4-10,12H2,1-3H3/t16-/m0/s1. The van der Waals surface area contributed by atoms with Gasteiger partial charge >= 0.3 is 0 Å². The number of nitrogens with zero attached hydrogens (tertiary/aromatic N) is 7. The van der Waals surface area contributed by atoms with Crippen LogP contribution in [-0.2, 0) is 33.0 Å². The molecule has 1 atom stereocenters. The highest BCUT2D eigenvalue weighted by Crippen LogP contribution is 2.31. The third kappa shape index (κ3) is 3.68. The first-order valence-electron chi connectivity index (χ1n) is 11.6. The lowest BCUT2D eigenvalue weighted by Gasteiger charge is -2.26. The Hall–Kier alpha value is -2.86. The Bertz CT molecular complexity index is 1340. The first-order chi connectivity index (χ1) is 16.3. The number of carbonyl (C=O) groups is 1. The highest BCUT2D eigenvalue weighted by molar-refractivity contribution is 7.92. The SMILES string of the molecule is CCn1ncc(-c2nc3c(S(=O)(=O)[C@H]4CCN(C(=O)C5CCOCC5)C4)ncnc3n2C)c1C. The summed E-state index contributed by atoms with van der Waals surface area (Å²) in [6.45, 7) is 6.43. The molecule has 2 aliphatic rings. The van der Waals surface area contributed by atoms with Crippen molar-refractivity contribution in [3.05, 3.63) is 18.2 Å². The second kappa shape index (κ2) is 8.73. The number of rotatable bonds is 5. The van der Waals surface area contributed by atoms with Crippen LogP contribution in [0.25, 0.3) is 22.6 Å². The lowest BCUT2D eigenvalue weighted by atomic mass is 9.99. The Morgan fingerprint density at radius 2 is 1.97 bits per heavy atom. The van der Waals surface area contributed by atoms with Crippen LogP contribution in [0.5, 0.6) is 0 Å². The van der Waals surface area contributed by atoms with Crippen molar-refractivity contribution in [2.75, 3.05) is 26.3 Å². The summed E-state index contributed by atoms with van der Waals surface area (Å²) in [4.78, 5) is 27.7. The van der Waals surface area contributed by atoms with Gasteiger partial charge in [0, 0.05) is 51.5 Å². The number of fused-ring (bicyclic) bond motifs is 1. The van der Waals surface area contributed by atoms with Gasteiger partial charge in [-0.2, -0.15) is 5.10 Å². The monoisotopic (exact) mass is 487 g/mol. The summed E-state index contributed by atoms with van der Waals surface area (Å²) in [7, 11) is -2.02. The van der Waals surface area contributed by atoms with Crippen LogP contribution in [0, 0.1) is 12.8 Å². The predicted octanol–water partition coefficient (Wildman–Crippen LogP) is 1.36. The molecule has 0 spiro atoms. The van der Waals surface area contributed by atoms with Gasteiger partial charge in [0.2, 0.25) is 15.7 Å². The maximum atomic E-state index is 13.7. The molecule has 182 valence electrons. The number of sulfone groups is 1. The molecule has 0 radical (unpaired) electrons.